The fraction of sp³-hybridized carbons (Fsp3) is 0.240. The molecular formula is C25H25ClN2O. The lowest BCUT2D eigenvalue weighted by Gasteiger charge is -2.17. The minimum Gasteiger partial charge on any atom is -0.497 e. The summed E-state index contributed by atoms with van der Waals surface area (Å²) >= 11 is 6.65. The van der Waals surface area contributed by atoms with Crippen molar-refractivity contribution in [1.82, 2.24) is 5.32 Å². The molecule has 3 nitrogen and oxygen atoms in total. The second-order valence-electron chi connectivity index (χ2n) is 7.28. The molecule has 148 valence electrons. The van der Waals surface area contributed by atoms with Gasteiger partial charge in [-0.15, -0.1) is 0 Å². The summed E-state index contributed by atoms with van der Waals surface area (Å²) in [6, 6.07) is 23.0. The first-order chi connectivity index (χ1) is 14.2. The van der Waals surface area contributed by atoms with Gasteiger partial charge >= 0.3 is 0 Å². The highest BCUT2D eigenvalue weighted by Gasteiger charge is 2.13. The van der Waals surface area contributed by atoms with Gasteiger partial charge in [-0.2, -0.15) is 0 Å². The van der Waals surface area contributed by atoms with Crippen LogP contribution in [0.15, 0.2) is 71.7 Å². The molecule has 0 fully saturated rings. The Kier molecular flexibility index (Phi) is 6.16. The van der Waals surface area contributed by atoms with Crippen molar-refractivity contribution in [2.24, 2.45) is 4.99 Å². The highest BCUT2D eigenvalue weighted by molar-refractivity contribution is 6.33. The Morgan fingerprint density at radius 1 is 0.966 bits per heavy atom. The van der Waals surface area contributed by atoms with Gasteiger partial charge in [-0.25, -0.2) is 0 Å². The van der Waals surface area contributed by atoms with Crippen LogP contribution in [0, 0.1) is 0 Å². The van der Waals surface area contributed by atoms with Crippen molar-refractivity contribution in [1.29, 1.82) is 0 Å². The monoisotopic (exact) mass is 404 g/mol. The van der Waals surface area contributed by atoms with Crippen molar-refractivity contribution in [3.05, 3.63) is 88.4 Å². The third-order valence-electron chi connectivity index (χ3n) is 5.21. The van der Waals surface area contributed by atoms with Crippen molar-refractivity contribution in [2.45, 2.75) is 19.3 Å². The van der Waals surface area contributed by atoms with Crippen LogP contribution in [-0.2, 0) is 12.8 Å². The molecule has 0 aromatic heterocycles. The van der Waals surface area contributed by atoms with E-state index in [0.717, 1.165) is 60.1 Å². The fourth-order valence-corrected chi connectivity index (χ4v) is 4.04. The predicted octanol–water partition coefficient (Wildman–Crippen LogP) is 5.54. The number of halogens is 1. The lowest BCUT2D eigenvalue weighted by atomic mass is 9.94. The first kappa shape index (κ1) is 19.5. The van der Waals surface area contributed by atoms with Gasteiger partial charge in [0.25, 0.3) is 0 Å². The molecule has 0 aliphatic carbocycles. The van der Waals surface area contributed by atoms with Crippen LogP contribution in [0.5, 0.6) is 5.75 Å². The predicted molar refractivity (Wildman–Crippen MR) is 121 cm³/mol. The van der Waals surface area contributed by atoms with E-state index >= 15 is 0 Å². The van der Waals surface area contributed by atoms with Crippen molar-refractivity contribution >= 4 is 17.4 Å². The molecule has 1 N–H and O–H groups in total. The van der Waals surface area contributed by atoms with Gasteiger partial charge in [0.05, 0.1) is 7.11 Å². The molecule has 3 aromatic rings. The molecule has 0 saturated carbocycles. The van der Waals surface area contributed by atoms with Gasteiger partial charge in [-0.1, -0.05) is 60.1 Å². The van der Waals surface area contributed by atoms with Crippen LogP contribution in [0.1, 0.15) is 23.1 Å². The standard InChI is InChI=1S/C25H25ClN2O/c1-29-22-11-9-18(10-12-22)15-19-5-2-6-20(16-19)25-21(7-3-8-23(25)26)17-24-27-13-4-14-28-24/h2-3,5-12,16H,4,13-15,17H2,1H3,(H,27,28). The number of rotatable bonds is 6. The number of nitrogens with one attached hydrogen (secondary N) is 1. The Morgan fingerprint density at radius 3 is 2.55 bits per heavy atom. The quantitative estimate of drug-likeness (QED) is 0.585. The van der Waals surface area contributed by atoms with E-state index in [0.29, 0.717) is 0 Å². The molecule has 3 aromatic carbocycles. The SMILES string of the molecule is COc1ccc(Cc2cccc(-c3c(Cl)cccc3CC3=NCCCN3)c2)cc1. The summed E-state index contributed by atoms with van der Waals surface area (Å²) in [5, 5.41) is 4.19. The molecule has 1 heterocycles. The van der Waals surface area contributed by atoms with E-state index in [2.05, 4.69) is 52.8 Å². The molecule has 4 heteroatoms. The van der Waals surface area contributed by atoms with Crippen LogP contribution in [0.2, 0.25) is 5.02 Å². The number of aliphatic imine (C=N–C) groups is 1. The van der Waals surface area contributed by atoms with E-state index in [1.165, 1.54) is 16.7 Å². The Morgan fingerprint density at radius 2 is 1.79 bits per heavy atom. The summed E-state index contributed by atoms with van der Waals surface area (Å²) < 4.78 is 5.26. The lowest BCUT2D eigenvalue weighted by Crippen LogP contribution is -2.31. The number of methoxy groups -OCH3 is 1. The highest BCUT2D eigenvalue weighted by Crippen LogP contribution is 2.33. The molecule has 0 bridgehead atoms. The van der Waals surface area contributed by atoms with Crippen LogP contribution in [0.4, 0.5) is 0 Å². The zero-order chi connectivity index (χ0) is 20.1. The number of hydrogen-bond donors (Lipinski definition) is 1. The molecule has 4 rings (SSSR count). The number of nitrogens with zero attached hydrogens (tertiary/aromatic N) is 1. The Balaban J connectivity index is 1.62. The maximum absolute atomic E-state index is 6.65. The van der Waals surface area contributed by atoms with Gasteiger partial charge in [0.2, 0.25) is 0 Å². The molecule has 0 atom stereocenters. The molecule has 0 amide bonds. The third kappa shape index (κ3) is 4.80. The van der Waals surface area contributed by atoms with Gasteiger partial charge in [0.1, 0.15) is 11.6 Å². The number of amidine groups is 1. The molecule has 0 spiro atoms. The number of hydrogen-bond acceptors (Lipinski definition) is 3. The third-order valence-corrected chi connectivity index (χ3v) is 5.52. The van der Waals surface area contributed by atoms with Crippen molar-refractivity contribution in [3.8, 4) is 16.9 Å². The van der Waals surface area contributed by atoms with Crippen LogP contribution in [-0.4, -0.2) is 26.0 Å². The van der Waals surface area contributed by atoms with E-state index < -0.39 is 0 Å². The van der Waals surface area contributed by atoms with E-state index in [1.54, 1.807) is 7.11 Å². The largest absolute Gasteiger partial charge is 0.497 e. The zero-order valence-corrected chi connectivity index (χ0v) is 17.4. The summed E-state index contributed by atoms with van der Waals surface area (Å²) in [5.74, 6) is 1.93. The van der Waals surface area contributed by atoms with E-state index in [1.807, 2.05) is 24.3 Å². The smallest absolute Gasteiger partial charge is 0.118 e. The number of benzene rings is 3. The van der Waals surface area contributed by atoms with Crippen LogP contribution < -0.4 is 10.1 Å². The van der Waals surface area contributed by atoms with E-state index in [9.17, 15) is 0 Å². The molecule has 1 aliphatic rings. The van der Waals surface area contributed by atoms with Gasteiger partial charge in [-0.3, -0.25) is 4.99 Å². The minimum atomic E-state index is 0.776. The van der Waals surface area contributed by atoms with Crippen molar-refractivity contribution in [2.75, 3.05) is 20.2 Å². The van der Waals surface area contributed by atoms with Crippen molar-refractivity contribution < 1.29 is 4.74 Å². The minimum absolute atomic E-state index is 0.776. The van der Waals surface area contributed by atoms with Gasteiger partial charge in [0.15, 0.2) is 0 Å². The fourth-order valence-electron chi connectivity index (χ4n) is 3.74. The summed E-state index contributed by atoms with van der Waals surface area (Å²) in [6.07, 6.45) is 2.74. The lowest BCUT2D eigenvalue weighted by molar-refractivity contribution is 0.414. The van der Waals surface area contributed by atoms with Crippen LogP contribution in [0.3, 0.4) is 0 Å². The maximum atomic E-state index is 6.65. The Labute approximate surface area is 177 Å². The first-order valence-electron chi connectivity index (χ1n) is 10.00. The normalized spacial score (nSPS) is 13.5. The molecule has 0 unspecified atom stereocenters. The topological polar surface area (TPSA) is 33.6 Å². The first-order valence-corrected chi connectivity index (χ1v) is 10.4. The highest BCUT2D eigenvalue weighted by atomic mass is 35.5. The van der Waals surface area contributed by atoms with Crippen LogP contribution >= 0.6 is 11.6 Å². The van der Waals surface area contributed by atoms with Gasteiger partial charge < -0.3 is 10.1 Å². The molecular weight excluding hydrogens is 380 g/mol. The van der Waals surface area contributed by atoms with Gasteiger partial charge in [-0.05, 0) is 53.3 Å². The summed E-state index contributed by atoms with van der Waals surface area (Å²) in [6.45, 7) is 1.89. The van der Waals surface area contributed by atoms with E-state index in [-0.39, 0.29) is 0 Å². The summed E-state index contributed by atoms with van der Waals surface area (Å²) in [7, 11) is 1.69. The van der Waals surface area contributed by atoms with Crippen molar-refractivity contribution in [3.63, 3.8) is 0 Å². The Hall–Kier alpha value is -2.78. The maximum Gasteiger partial charge on any atom is 0.118 e. The second-order valence-corrected chi connectivity index (χ2v) is 7.69. The average Bonchev–Trinajstić information content (AvgIpc) is 2.75. The Bertz CT molecular complexity index is 1010. The zero-order valence-electron chi connectivity index (χ0n) is 16.6. The molecule has 0 radical (unpaired) electrons. The summed E-state index contributed by atoms with van der Waals surface area (Å²) in [5.41, 5.74) is 5.95. The molecule has 29 heavy (non-hydrogen) atoms. The molecule has 1 aliphatic heterocycles. The van der Waals surface area contributed by atoms with Gasteiger partial charge in [0, 0.05) is 30.1 Å². The second kappa shape index (κ2) is 9.15. The number of ether oxygens (including phenoxy) is 1. The summed E-state index contributed by atoms with van der Waals surface area (Å²) in [4.78, 5) is 4.63. The average molecular weight is 405 g/mol. The van der Waals surface area contributed by atoms with E-state index in [4.69, 9.17) is 16.3 Å². The van der Waals surface area contributed by atoms with Crippen LogP contribution in [0.25, 0.3) is 11.1 Å². The molecule has 0 saturated heterocycles.